The molecule has 2 aromatic rings. The van der Waals surface area contributed by atoms with Crippen molar-refractivity contribution in [2.24, 2.45) is 0 Å². The minimum absolute atomic E-state index is 0.0341. The molecule has 2 aromatic heterocycles. The van der Waals surface area contributed by atoms with Crippen molar-refractivity contribution in [3.63, 3.8) is 0 Å². The zero-order valence-corrected chi connectivity index (χ0v) is 14.3. The summed E-state index contributed by atoms with van der Waals surface area (Å²) in [5.74, 6) is 0.0341. The first-order valence-corrected chi connectivity index (χ1v) is 9.02. The van der Waals surface area contributed by atoms with Gasteiger partial charge in [-0.25, -0.2) is 0 Å². The van der Waals surface area contributed by atoms with Crippen LogP contribution in [0.2, 0.25) is 0 Å². The quantitative estimate of drug-likeness (QED) is 0.912. The smallest absolute Gasteiger partial charge is 0.275 e. The highest BCUT2D eigenvalue weighted by molar-refractivity contribution is 5.94. The maximum absolute atomic E-state index is 13.1. The zero-order chi connectivity index (χ0) is 17.1. The first-order chi connectivity index (χ1) is 12.3. The van der Waals surface area contributed by atoms with Crippen LogP contribution in [0.15, 0.2) is 18.6 Å². The third kappa shape index (κ3) is 3.42. The van der Waals surface area contributed by atoms with Crippen LogP contribution in [0.4, 0.5) is 0 Å². The Bertz CT molecular complexity index is 730. The summed E-state index contributed by atoms with van der Waals surface area (Å²) in [5, 5.41) is 7.42. The van der Waals surface area contributed by atoms with Gasteiger partial charge in [0.05, 0.1) is 24.9 Å². The molecule has 7 heteroatoms. The highest BCUT2D eigenvalue weighted by Gasteiger charge is 2.32. The average molecular weight is 341 g/mol. The number of aromatic amines is 1. The van der Waals surface area contributed by atoms with Gasteiger partial charge in [-0.3, -0.25) is 19.9 Å². The second-order valence-electron chi connectivity index (χ2n) is 6.70. The van der Waals surface area contributed by atoms with Crippen LogP contribution in [-0.2, 0) is 24.0 Å². The monoisotopic (exact) mass is 341 g/mol. The number of H-pyrrole nitrogens is 1. The standard InChI is InChI=1S/C18H23N5O2/c24-18(17-15-3-1-2-4-16(15)21-22-17)23-9-10-25-12-14(23)6-5-13-11-19-7-8-20-13/h7-8,11,14H,1-6,9-10,12H2,(H,21,22)/t14-/m1/s1. The SMILES string of the molecule is O=C(c1n[nH]c2c1CCCC2)N1CCOC[C@H]1CCc1cnccn1. The topological polar surface area (TPSA) is 84.0 Å². The number of ether oxygens (including phenoxy) is 1. The molecule has 1 amide bonds. The summed E-state index contributed by atoms with van der Waals surface area (Å²) in [4.78, 5) is 23.5. The van der Waals surface area contributed by atoms with Crippen molar-refractivity contribution >= 4 is 5.91 Å². The Hall–Kier alpha value is -2.28. The van der Waals surface area contributed by atoms with Gasteiger partial charge >= 0.3 is 0 Å². The summed E-state index contributed by atoms with van der Waals surface area (Å²) in [6, 6.07) is 0.0548. The van der Waals surface area contributed by atoms with E-state index < -0.39 is 0 Å². The van der Waals surface area contributed by atoms with E-state index in [1.165, 1.54) is 6.42 Å². The number of morpholine rings is 1. The molecule has 0 radical (unpaired) electrons. The fourth-order valence-corrected chi connectivity index (χ4v) is 3.73. The maximum Gasteiger partial charge on any atom is 0.275 e. The van der Waals surface area contributed by atoms with Gasteiger partial charge < -0.3 is 9.64 Å². The second kappa shape index (κ2) is 7.31. The molecule has 1 saturated heterocycles. The lowest BCUT2D eigenvalue weighted by molar-refractivity contribution is -0.00450. The maximum atomic E-state index is 13.1. The predicted octanol–water partition coefficient (Wildman–Crippen LogP) is 1.55. The number of aryl methyl sites for hydroxylation is 2. The predicted molar refractivity (Wildman–Crippen MR) is 91.2 cm³/mol. The molecule has 0 aromatic carbocycles. The molecular formula is C18H23N5O2. The van der Waals surface area contributed by atoms with Gasteiger partial charge in [-0.1, -0.05) is 0 Å². The number of hydrogen-bond donors (Lipinski definition) is 1. The van der Waals surface area contributed by atoms with Crippen LogP contribution < -0.4 is 0 Å². The van der Waals surface area contributed by atoms with E-state index in [2.05, 4.69) is 20.2 Å². The van der Waals surface area contributed by atoms with E-state index >= 15 is 0 Å². The summed E-state index contributed by atoms with van der Waals surface area (Å²) in [6.45, 7) is 1.77. The molecule has 1 fully saturated rings. The summed E-state index contributed by atoms with van der Waals surface area (Å²) < 4.78 is 5.62. The van der Waals surface area contributed by atoms with E-state index in [1.807, 2.05) is 4.90 Å². The number of rotatable bonds is 4. The van der Waals surface area contributed by atoms with Gasteiger partial charge in [-0.05, 0) is 38.5 Å². The van der Waals surface area contributed by atoms with Crippen LogP contribution in [0, 0.1) is 0 Å². The molecule has 0 spiro atoms. The van der Waals surface area contributed by atoms with Gasteiger partial charge in [0.25, 0.3) is 5.91 Å². The number of nitrogens with zero attached hydrogens (tertiary/aromatic N) is 4. The number of fused-ring (bicyclic) bond motifs is 1. The summed E-state index contributed by atoms with van der Waals surface area (Å²) in [7, 11) is 0. The van der Waals surface area contributed by atoms with Crippen molar-refractivity contribution in [2.75, 3.05) is 19.8 Å². The van der Waals surface area contributed by atoms with Crippen LogP contribution in [0.3, 0.4) is 0 Å². The fourth-order valence-electron chi connectivity index (χ4n) is 3.73. The number of aromatic nitrogens is 4. The van der Waals surface area contributed by atoms with Gasteiger partial charge in [-0.15, -0.1) is 0 Å². The first-order valence-electron chi connectivity index (χ1n) is 9.02. The molecule has 3 heterocycles. The molecule has 0 unspecified atom stereocenters. The normalized spacial score (nSPS) is 20.3. The zero-order valence-electron chi connectivity index (χ0n) is 14.3. The minimum atomic E-state index is 0.0341. The van der Waals surface area contributed by atoms with E-state index in [0.29, 0.717) is 25.5 Å². The molecule has 7 nitrogen and oxygen atoms in total. The van der Waals surface area contributed by atoms with Gasteiger partial charge in [0.1, 0.15) is 0 Å². The van der Waals surface area contributed by atoms with Gasteiger partial charge in [0.2, 0.25) is 0 Å². The lowest BCUT2D eigenvalue weighted by atomic mass is 9.95. The first kappa shape index (κ1) is 16.2. The summed E-state index contributed by atoms with van der Waals surface area (Å²) >= 11 is 0. The Balaban J connectivity index is 1.48. The van der Waals surface area contributed by atoms with Crippen molar-refractivity contribution < 1.29 is 9.53 Å². The average Bonchev–Trinajstić information content (AvgIpc) is 3.11. The Morgan fingerprint density at radius 3 is 3.12 bits per heavy atom. The van der Waals surface area contributed by atoms with Crippen molar-refractivity contribution in [2.45, 2.75) is 44.6 Å². The third-order valence-electron chi connectivity index (χ3n) is 5.10. The molecule has 0 bridgehead atoms. The lowest BCUT2D eigenvalue weighted by Gasteiger charge is -2.35. The molecule has 4 rings (SSSR count). The largest absolute Gasteiger partial charge is 0.377 e. The molecule has 1 aliphatic carbocycles. The minimum Gasteiger partial charge on any atom is -0.377 e. The van der Waals surface area contributed by atoms with Crippen molar-refractivity contribution in [1.29, 1.82) is 0 Å². The molecule has 1 aliphatic heterocycles. The van der Waals surface area contributed by atoms with Crippen molar-refractivity contribution in [3.8, 4) is 0 Å². The molecular weight excluding hydrogens is 318 g/mol. The summed E-state index contributed by atoms with van der Waals surface area (Å²) in [6.07, 6.45) is 11.0. The van der Waals surface area contributed by atoms with Gasteiger partial charge in [0, 0.05) is 36.4 Å². The lowest BCUT2D eigenvalue weighted by Crippen LogP contribution is -2.49. The Labute approximate surface area is 146 Å². The van der Waals surface area contributed by atoms with Crippen LogP contribution in [0.1, 0.15) is 46.7 Å². The van der Waals surface area contributed by atoms with Crippen LogP contribution in [0.5, 0.6) is 0 Å². The highest BCUT2D eigenvalue weighted by Crippen LogP contribution is 2.24. The second-order valence-corrected chi connectivity index (χ2v) is 6.70. The molecule has 1 N–H and O–H groups in total. The Morgan fingerprint density at radius 1 is 1.32 bits per heavy atom. The Kier molecular flexibility index (Phi) is 4.74. The summed E-state index contributed by atoms with van der Waals surface area (Å²) in [5.41, 5.74) is 3.81. The Morgan fingerprint density at radius 2 is 2.24 bits per heavy atom. The van der Waals surface area contributed by atoms with Crippen LogP contribution in [0.25, 0.3) is 0 Å². The molecule has 132 valence electrons. The van der Waals surface area contributed by atoms with E-state index in [0.717, 1.165) is 49.1 Å². The van der Waals surface area contributed by atoms with Crippen molar-refractivity contribution in [3.05, 3.63) is 41.2 Å². The number of nitrogens with one attached hydrogen (secondary N) is 1. The third-order valence-corrected chi connectivity index (χ3v) is 5.10. The van der Waals surface area contributed by atoms with E-state index in [4.69, 9.17) is 4.74 Å². The van der Waals surface area contributed by atoms with Gasteiger partial charge in [0.15, 0.2) is 5.69 Å². The number of carbonyl (C=O) groups excluding carboxylic acids is 1. The van der Waals surface area contributed by atoms with Crippen LogP contribution >= 0.6 is 0 Å². The molecule has 1 atom stereocenters. The van der Waals surface area contributed by atoms with Gasteiger partial charge in [-0.2, -0.15) is 5.10 Å². The fraction of sp³-hybridized carbons (Fsp3) is 0.556. The van der Waals surface area contributed by atoms with Crippen molar-refractivity contribution in [1.82, 2.24) is 25.1 Å². The number of hydrogen-bond acceptors (Lipinski definition) is 5. The van der Waals surface area contributed by atoms with E-state index in [1.54, 1.807) is 18.6 Å². The highest BCUT2D eigenvalue weighted by atomic mass is 16.5. The van der Waals surface area contributed by atoms with E-state index in [9.17, 15) is 4.79 Å². The van der Waals surface area contributed by atoms with Crippen LogP contribution in [-0.4, -0.2) is 56.8 Å². The number of amides is 1. The molecule has 25 heavy (non-hydrogen) atoms. The van der Waals surface area contributed by atoms with E-state index in [-0.39, 0.29) is 11.9 Å². The molecule has 2 aliphatic rings. The molecule has 0 saturated carbocycles. The number of carbonyl (C=O) groups is 1.